The highest BCUT2D eigenvalue weighted by atomic mass is 32.1. The highest BCUT2D eigenvalue weighted by molar-refractivity contribution is 7.12. The average Bonchev–Trinajstić information content (AvgIpc) is 3.04. The molecule has 0 saturated carbocycles. The molecule has 20 heavy (non-hydrogen) atoms. The van der Waals surface area contributed by atoms with Gasteiger partial charge in [-0.15, -0.1) is 11.3 Å². The number of thiophene rings is 1. The van der Waals surface area contributed by atoms with Crippen molar-refractivity contribution in [2.75, 3.05) is 12.1 Å². The summed E-state index contributed by atoms with van der Waals surface area (Å²) in [5, 5.41) is 3.43. The molecule has 0 atom stereocenters. The van der Waals surface area contributed by atoms with Crippen LogP contribution < -0.4 is 14.8 Å². The number of rotatable bonds is 3. The molecule has 0 radical (unpaired) electrons. The van der Waals surface area contributed by atoms with E-state index in [-0.39, 0.29) is 5.41 Å². The van der Waals surface area contributed by atoms with Crippen LogP contribution in [0, 0.1) is 0 Å². The standard InChI is InChI=1S/C16H19NO2S/c1-16(2,3)15-7-5-12(20-15)9-17-11-4-6-13-14(8-11)19-10-18-13/h4-8,17H,9-10H2,1-3H3. The molecule has 3 nitrogen and oxygen atoms in total. The summed E-state index contributed by atoms with van der Waals surface area (Å²) in [5.41, 5.74) is 1.28. The molecule has 4 heteroatoms. The zero-order valence-corrected chi connectivity index (χ0v) is 12.8. The molecular formula is C16H19NO2S. The van der Waals surface area contributed by atoms with Crippen molar-refractivity contribution in [3.8, 4) is 11.5 Å². The van der Waals surface area contributed by atoms with Crippen molar-refractivity contribution >= 4 is 17.0 Å². The molecule has 0 spiro atoms. The lowest BCUT2D eigenvalue weighted by Crippen LogP contribution is -2.07. The molecule has 0 amide bonds. The van der Waals surface area contributed by atoms with Gasteiger partial charge in [-0.3, -0.25) is 0 Å². The normalized spacial score (nSPS) is 13.6. The number of anilines is 1. The average molecular weight is 289 g/mol. The Bertz CT molecular complexity index is 613. The number of nitrogens with one attached hydrogen (secondary N) is 1. The Morgan fingerprint density at radius 3 is 2.65 bits per heavy atom. The fourth-order valence-electron chi connectivity index (χ4n) is 2.07. The second-order valence-electron chi connectivity index (χ2n) is 5.94. The molecular weight excluding hydrogens is 270 g/mol. The van der Waals surface area contributed by atoms with Gasteiger partial charge in [-0.2, -0.15) is 0 Å². The van der Waals surface area contributed by atoms with Crippen LogP contribution in [-0.2, 0) is 12.0 Å². The fourth-order valence-corrected chi connectivity index (χ4v) is 3.08. The van der Waals surface area contributed by atoms with Crippen LogP contribution in [0.5, 0.6) is 11.5 Å². The number of benzene rings is 1. The molecule has 3 rings (SSSR count). The minimum absolute atomic E-state index is 0.224. The van der Waals surface area contributed by atoms with Crippen LogP contribution in [0.15, 0.2) is 30.3 Å². The van der Waals surface area contributed by atoms with Gasteiger partial charge in [-0.1, -0.05) is 20.8 Å². The van der Waals surface area contributed by atoms with Crippen molar-refractivity contribution in [2.45, 2.75) is 32.7 Å². The van der Waals surface area contributed by atoms with Crippen molar-refractivity contribution < 1.29 is 9.47 Å². The second-order valence-corrected chi connectivity index (χ2v) is 7.11. The first-order valence-corrected chi connectivity index (χ1v) is 7.57. The fraction of sp³-hybridized carbons (Fsp3) is 0.375. The summed E-state index contributed by atoms with van der Waals surface area (Å²) >= 11 is 1.87. The highest BCUT2D eigenvalue weighted by Gasteiger charge is 2.16. The maximum atomic E-state index is 5.38. The first-order chi connectivity index (χ1) is 9.52. The molecule has 2 heterocycles. The van der Waals surface area contributed by atoms with Gasteiger partial charge in [0.25, 0.3) is 0 Å². The van der Waals surface area contributed by atoms with Crippen molar-refractivity contribution in [1.29, 1.82) is 0 Å². The third-order valence-electron chi connectivity index (χ3n) is 3.24. The van der Waals surface area contributed by atoms with E-state index in [1.54, 1.807) is 0 Å². The summed E-state index contributed by atoms with van der Waals surface area (Å²) in [5.74, 6) is 1.64. The molecule has 1 aliphatic heterocycles. The number of ether oxygens (including phenoxy) is 2. The molecule has 106 valence electrons. The number of fused-ring (bicyclic) bond motifs is 1. The molecule has 0 saturated heterocycles. The monoisotopic (exact) mass is 289 g/mol. The van der Waals surface area contributed by atoms with E-state index in [1.165, 1.54) is 9.75 Å². The maximum Gasteiger partial charge on any atom is 0.231 e. The summed E-state index contributed by atoms with van der Waals surface area (Å²) < 4.78 is 10.7. The lowest BCUT2D eigenvalue weighted by atomic mass is 9.95. The third-order valence-corrected chi connectivity index (χ3v) is 4.75. The molecule has 0 unspecified atom stereocenters. The zero-order chi connectivity index (χ0) is 14.2. The van der Waals surface area contributed by atoms with Crippen molar-refractivity contribution in [3.63, 3.8) is 0 Å². The predicted octanol–water partition coefficient (Wildman–Crippen LogP) is 4.39. The van der Waals surface area contributed by atoms with E-state index < -0.39 is 0 Å². The van der Waals surface area contributed by atoms with Crippen LogP contribution in [0.4, 0.5) is 5.69 Å². The van der Waals surface area contributed by atoms with Crippen LogP contribution in [0.25, 0.3) is 0 Å². The van der Waals surface area contributed by atoms with Gasteiger partial charge in [0.1, 0.15) is 0 Å². The largest absolute Gasteiger partial charge is 0.454 e. The molecule has 1 aromatic carbocycles. The van der Waals surface area contributed by atoms with Gasteiger partial charge < -0.3 is 14.8 Å². The smallest absolute Gasteiger partial charge is 0.231 e. The van der Waals surface area contributed by atoms with Crippen LogP contribution >= 0.6 is 11.3 Å². The first kappa shape index (κ1) is 13.3. The van der Waals surface area contributed by atoms with E-state index >= 15 is 0 Å². The van der Waals surface area contributed by atoms with Crippen LogP contribution in [0.2, 0.25) is 0 Å². The molecule has 1 aromatic heterocycles. The Labute approximate surface area is 123 Å². The van der Waals surface area contributed by atoms with Gasteiger partial charge in [0.05, 0.1) is 0 Å². The third kappa shape index (κ3) is 2.75. The summed E-state index contributed by atoms with van der Waals surface area (Å²) in [6.45, 7) is 7.88. The van der Waals surface area contributed by atoms with E-state index in [0.29, 0.717) is 6.79 Å². The van der Waals surface area contributed by atoms with E-state index in [4.69, 9.17) is 9.47 Å². The summed E-state index contributed by atoms with van der Waals surface area (Å²) in [6.07, 6.45) is 0. The van der Waals surface area contributed by atoms with E-state index in [9.17, 15) is 0 Å². The topological polar surface area (TPSA) is 30.5 Å². The molecule has 1 aliphatic rings. The van der Waals surface area contributed by atoms with Gasteiger partial charge in [-0.05, 0) is 29.7 Å². The molecule has 0 fully saturated rings. The lowest BCUT2D eigenvalue weighted by molar-refractivity contribution is 0.174. The van der Waals surface area contributed by atoms with E-state index in [1.807, 2.05) is 29.5 Å². The van der Waals surface area contributed by atoms with Crippen LogP contribution in [0.3, 0.4) is 0 Å². The first-order valence-electron chi connectivity index (χ1n) is 6.75. The number of hydrogen-bond acceptors (Lipinski definition) is 4. The van der Waals surface area contributed by atoms with Crippen LogP contribution in [0.1, 0.15) is 30.5 Å². The van der Waals surface area contributed by atoms with Gasteiger partial charge in [0.2, 0.25) is 6.79 Å². The Kier molecular flexibility index (Phi) is 3.34. The quantitative estimate of drug-likeness (QED) is 0.909. The SMILES string of the molecule is CC(C)(C)c1ccc(CNc2ccc3c(c2)OCO3)s1. The van der Waals surface area contributed by atoms with E-state index in [2.05, 4.69) is 38.2 Å². The maximum absolute atomic E-state index is 5.38. The highest BCUT2D eigenvalue weighted by Crippen LogP contribution is 2.35. The van der Waals surface area contributed by atoms with Gasteiger partial charge in [-0.25, -0.2) is 0 Å². The summed E-state index contributed by atoms with van der Waals surface area (Å²) in [4.78, 5) is 2.76. The van der Waals surface area contributed by atoms with Crippen molar-refractivity contribution in [3.05, 3.63) is 40.1 Å². The predicted molar refractivity (Wildman–Crippen MR) is 82.9 cm³/mol. The zero-order valence-electron chi connectivity index (χ0n) is 12.0. The Hall–Kier alpha value is -1.68. The second kappa shape index (κ2) is 5.02. The summed E-state index contributed by atoms with van der Waals surface area (Å²) in [6, 6.07) is 10.4. The molecule has 0 bridgehead atoms. The van der Waals surface area contributed by atoms with E-state index in [0.717, 1.165) is 23.7 Å². The van der Waals surface area contributed by atoms with Gasteiger partial charge in [0, 0.05) is 28.1 Å². The molecule has 2 aromatic rings. The van der Waals surface area contributed by atoms with Crippen molar-refractivity contribution in [2.24, 2.45) is 0 Å². The molecule has 1 N–H and O–H groups in total. The van der Waals surface area contributed by atoms with Crippen LogP contribution in [-0.4, -0.2) is 6.79 Å². The van der Waals surface area contributed by atoms with Crippen molar-refractivity contribution in [1.82, 2.24) is 0 Å². The summed E-state index contributed by atoms with van der Waals surface area (Å²) in [7, 11) is 0. The Morgan fingerprint density at radius 1 is 1.10 bits per heavy atom. The lowest BCUT2D eigenvalue weighted by Gasteiger charge is -2.15. The van der Waals surface area contributed by atoms with Gasteiger partial charge in [0.15, 0.2) is 11.5 Å². The minimum atomic E-state index is 0.224. The number of hydrogen-bond donors (Lipinski definition) is 1. The van der Waals surface area contributed by atoms with Gasteiger partial charge >= 0.3 is 0 Å². The molecule has 0 aliphatic carbocycles. The Balaban J connectivity index is 1.66. The Morgan fingerprint density at radius 2 is 1.90 bits per heavy atom. The minimum Gasteiger partial charge on any atom is -0.454 e.